The van der Waals surface area contributed by atoms with Gasteiger partial charge in [0.15, 0.2) is 0 Å². The fraction of sp³-hybridized carbons (Fsp3) is 0.375. The summed E-state index contributed by atoms with van der Waals surface area (Å²) in [5.74, 6) is 1.77. The second-order valence-corrected chi connectivity index (χ2v) is 6.04. The lowest BCUT2D eigenvalue weighted by Crippen LogP contribution is -2.13. The van der Waals surface area contributed by atoms with E-state index in [-0.39, 0.29) is 5.41 Å². The molecule has 20 heavy (non-hydrogen) atoms. The topological polar surface area (TPSA) is 61.0 Å². The summed E-state index contributed by atoms with van der Waals surface area (Å²) in [5, 5.41) is 0. The minimum atomic E-state index is -0.00445. The summed E-state index contributed by atoms with van der Waals surface area (Å²) in [6, 6.07) is 6.22. The Hall–Kier alpha value is -2.10. The summed E-state index contributed by atoms with van der Waals surface area (Å²) in [6.45, 7) is 10.4. The van der Waals surface area contributed by atoms with Gasteiger partial charge in [-0.25, -0.2) is 9.97 Å². The van der Waals surface area contributed by atoms with Crippen LogP contribution < -0.4 is 10.5 Å². The van der Waals surface area contributed by atoms with Crippen molar-refractivity contribution in [2.75, 3.05) is 5.73 Å². The number of nitrogen functional groups attached to an aromatic ring is 1. The number of nitrogens with two attached hydrogens (primary N) is 1. The molecule has 4 nitrogen and oxygen atoms in total. The summed E-state index contributed by atoms with van der Waals surface area (Å²) in [6.07, 6.45) is 1.42. The molecule has 0 radical (unpaired) electrons. The molecule has 106 valence electrons. The van der Waals surface area contributed by atoms with Gasteiger partial charge in [-0.05, 0) is 30.9 Å². The summed E-state index contributed by atoms with van der Waals surface area (Å²) >= 11 is 0. The molecule has 0 aliphatic carbocycles. The highest BCUT2D eigenvalue weighted by Crippen LogP contribution is 2.35. The molecule has 2 aromatic rings. The van der Waals surface area contributed by atoms with Gasteiger partial charge in [-0.2, -0.15) is 0 Å². The van der Waals surface area contributed by atoms with Gasteiger partial charge >= 0.3 is 0 Å². The van der Waals surface area contributed by atoms with Gasteiger partial charge in [-0.3, -0.25) is 0 Å². The average Bonchev–Trinajstić information content (AvgIpc) is 2.33. The van der Waals surface area contributed by atoms with Crippen LogP contribution >= 0.6 is 0 Å². The van der Waals surface area contributed by atoms with E-state index in [1.165, 1.54) is 6.33 Å². The van der Waals surface area contributed by atoms with Crippen LogP contribution in [0.15, 0.2) is 24.5 Å². The maximum atomic E-state index is 6.00. The molecule has 0 bridgehead atoms. The van der Waals surface area contributed by atoms with E-state index in [0.29, 0.717) is 11.7 Å². The molecule has 2 rings (SSSR count). The third-order valence-corrected chi connectivity index (χ3v) is 3.23. The van der Waals surface area contributed by atoms with E-state index in [9.17, 15) is 0 Å². The second-order valence-electron chi connectivity index (χ2n) is 6.04. The molecule has 0 amide bonds. The van der Waals surface area contributed by atoms with Crippen molar-refractivity contribution in [3.05, 3.63) is 41.2 Å². The highest BCUT2D eigenvalue weighted by molar-refractivity contribution is 5.48. The van der Waals surface area contributed by atoms with Gasteiger partial charge in [-0.1, -0.05) is 32.9 Å². The maximum absolute atomic E-state index is 6.00. The number of aromatic nitrogens is 2. The van der Waals surface area contributed by atoms with E-state index in [0.717, 1.165) is 22.4 Å². The van der Waals surface area contributed by atoms with Gasteiger partial charge in [0.1, 0.15) is 17.9 Å². The molecule has 0 saturated heterocycles. The first-order valence-corrected chi connectivity index (χ1v) is 6.65. The number of hydrogen-bond acceptors (Lipinski definition) is 4. The van der Waals surface area contributed by atoms with Gasteiger partial charge in [0.2, 0.25) is 5.88 Å². The van der Waals surface area contributed by atoms with Crippen LogP contribution in [-0.4, -0.2) is 9.97 Å². The molecule has 0 aliphatic rings. The quantitative estimate of drug-likeness (QED) is 0.903. The van der Waals surface area contributed by atoms with Gasteiger partial charge in [-0.15, -0.1) is 0 Å². The molecule has 0 saturated carbocycles. The van der Waals surface area contributed by atoms with Crippen LogP contribution in [0.1, 0.15) is 37.5 Å². The minimum absolute atomic E-state index is 0.00445. The SMILES string of the molecule is Cc1ccc(C(C)(C)C)c(Oc2ncnc(N)c2C)c1. The predicted molar refractivity (Wildman–Crippen MR) is 81.1 cm³/mol. The zero-order valence-electron chi connectivity index (χ0n) is 12.7. The van der Waals surface area contributed by atoms with Crippen LogP contribution in [0, 0.1) is 13.8 Å². The van der Waals surface area contributed by atoms with Crippen molar-refractivity contribution in [1.82, 2.24) is 9.97 Å². The van der Waals surface area contributed by atoms with E-state index in [1.54, 1.807) is 0 Å². The fourth-order valence-corrected chi connectivity index (χ4v) is 1.99. The Balaban J connectivity index is 2.48. The van der Waals surface area contributed by atoms with Crippen molar-refractivity contribution in [2.24, 2.45) is 0 Å². The van der Waals surface area contributed by atoms with E-state index >= 15 is 0 Å². The van der Waals surface area contributed by atoms with E-state index < -0.39 is 0 Å². The van der Waals surface area contributed by atoms with Crippen molar-refractivity contribution in [2.45, 2.75) is 40.0 Å². The number of anilines is 1. The van der Waals surface area contributed by atoms with Crippen molar-refractivity contribution >= 4 is 5.82 Å². The molecule has 0 spiro atoms. The first-order valence-electron chi connectivity index (χ1n) is 6.65. The summed E-state index contributed by atoms with van der Waals surface area (Å²) in [7, 11) is 0. The molecular weight excluding hydrogens is 250 g/mol. The highest BCUT2D eigenvalue weighted by Gasteiger charge is 2.20. The molecular formula is C16H21N3O. The predicted octanol–water partition coefficient (Wildman–Crippen LogP) is 3.77. The first kappa shape index (κ1) is 14.3. The largest absolute Gasteiger partial charge is 0.438 e. The van der Waals surface area contributed by atoms with Gasteiger partial charge < -0.3 is 10.5 Å². The Labute approximate surface area is 120 Å². The van der Waals surface area contributed by atoms with Crippen LogP contribution in [0.2, 0.25) is 0 Å². The maximum Gasteiger partial charge on any atom is 0.227 e. The summed E-state index contributed by atoms with van der Waals surface area (Å²) < 4.78 is 6.00. The van der Waals surface area contributed by atoms with E-state index in [2.05, 4.69) is 42.9 Å². The Kier molecular flexibility index (Phi) is 3.66. The van der Waals surface area contributed by atoms with Crippen molar-refractivity contribution in [1.29, 1.82) is 0 Å². The van der Waals surface area contributed by atoms with Gasteiger partial charge in [0.05, 0.1) is 5.56 Å². The summed E-state index contributed by atoms with van der Waals surface area (Å²) in [5.41, 5.74) is 8.84. The Morgan fingerprint density at radius 2 is 1.80 bits per heavy atom. The molecule has 1 aromatic heterocycles. The number of benzene rings is 1. The first-order chi connectivity index (χ1) is 9.29. The molecule has 4 heteroatoms. The smallest absolute Gasteiger partial charge is 0.227 e. The average molecular weight is 271 g/mol. The van der Waals surface area contributed by atoms with Crippen LogP contribution in [0.4, 0.5) is 5.82 Å². The number of rotatable bonds is 2. The van der Waals surface area contributed by atoms with E-state index in [4.69, 9.17) is 10.5 Å². The molecule has 0 fully saturated rings. The van der Waals surface area contributed by atoms with Crippen LogP contribution in [0.25, 0.3) is 0 Å². The van der Waals surface area contributed by atoms with Crippen LogP contribution in [0.5, 0.6) is 11.6 Å². The zero-order chi connectivity index (χ0) is 14.9. The highest BCUT2D eigenvalue weighted by atomic mass is 16.5. The number of nitrogens with zero attached hydrogens (tertiary/aromatic N) is 2. The number of aryl methyl sites for hydroxylation is 1. The third kappa shape index (κ3) is 2.90. The second kappa shape index (κ2) is 5.12. The zero-order valence-corrected chi connectivity index (χ0v) is 12.7. The van der Waals surface area contributed by atoms with Crippen LogP contribution in [-0.2, 0) is 5.41 Å². The monoisotopic (exact) mass is 271 g/mol. The number of ether oxygens (including phenoxy) is 1. The molecule has 2 N–H and O–H groups in total. The fourth-order valence-electron chi connectivity index (χ4n) is 1.99. The lowest BCUT2D eigenvalue weighted by molar-refractivity contribution is 0.435. The molecule has 1 heterocycles. The van der Waals surface area contributed by atoms with Crippen molar-refractivity contribution < 1.29 is 4.74 Å². The van der Waals surface area contributed by atoms with Crippen molar-refractivity contribution in [3.8, 4) is 11.6 Å². The van der Waals surface area contributed by atoms with Crippen LogP contribution in [0.3, 0.4) is 0 Å². The minimum Gasteiger partial charge on any atom is -0.438 e. The van der Waals surface area contributed by atoms with E-state index in [1.807, 2.05) is 19.9 Å². The molecule has 1 aromatic carbocycles. The lowest BCUT2D eigenvalue weighted by Gasteiger charge is -2.23. The summed E-state index contributed by atoms with van der Waals surface area (Å²) in [4.78, 5) is 8.13. The Morgan fingerprint density at radius 3 is 2.45 bits per heavy atom. The lowest BCUT2D eigenvalue weighted by atomic mass is 9.86. The standard InChI is InChI=1S/C16H21N3O/c1-10-6-7-12(16(3,4)5)13(8-10)20-15-11(2)14(17)18-9-19-15/h6-9H,1-5H3,(H2,17,18,19). The normalized spacial score (nSPS) is 11.4. The molecule has 0 aliphatic heterocycles. The van der Waals surface area contributed by atoms with Crippen molar-refractivity contribution in [3.63, 3.8) is 0 Å². The Bertz CT molecular complexity index is 630. The molecule has 0 unspecified atom stereocenters. The molecule has 0 atom stereocenters. The third-order valence-electron chi connectivity index (χ3n) is 3.23. The Morgan fingerprint density at radius 1 is 1.10 bits per heavy atom. The number of hydrogen-bond donors (Lipinski definition) is 1. The van der Waals surface area contributed by atoms with Gasteiger partial charge in [0, 0.05) is 5.56 Å². The van der Waals surface area contributed by atoms with Gasteiger partial charge in [0.25, 0.3) is 0 Å².